The molecule has 0 saturated heterocycles. The highest BCUT2D eigenvalue weighted by Gasteiger charge is 2.20. The molecular formula is C104H76N4O4. The maximum Gasteiger partial charge on any atom is 0.127 e. The molecule has 0 spiro atoms. The number of ether oxygens (including phenoxy) is 4. The predicted molar refractivity (Wildman–Crippen MR) is 464 cm³/mol. The highest BCUT2D eigenvalue weighted by Crippen LogP contribution is 2.44. The quantitative estimate of drug-likeness (QED) is 0.0665. The van der Waals surface area contributed by atoms with Crippen LogP contribution in [0.25, 0.3) is 43.8 Å². The van der Waals surface area contributed by atoms with Gasteiger partial charge in [0.25, 0.3) is 0 Å². The zero-order valence-electron chi connectivity index (χ0n) is 61.3. The van der Waals surface area contributed by atoms with Gasteiger partial charge in [-0.2, -0.15) is 0 Å². The van der Waals surface area contributed by atoms with E-state index in [-0.39, 0.29) is 0 Å². The molecule has 0 fully saturated rings. The summed E-state index contributed by atoms with van der Waals surface area (Å²) < 4.78 is 25.1. The topological polar surface area (TPSA) is 49.9 Å². The monoisotopic (exact) mass is 1440 g/mol. The summed E-state index contributed by atoms with van der Waals surface area (Å²) in [7, 11) is 0. The Labute approximate surface area is 653 Å². The summed E-state index contributed by atoms with van der Waals surface area (Å²) >= 11 is 0. The van der Waals surface area contributed by atoms with Gasteiger partial charge in [0.15, 0.2) is 0 Å². The first-order valence-electron chi connectivity index (χ1n) is 37.5. The van der Waals surface area contributed by atoms with Crippen LogP contribution in [0.1, 0.15) is 0 Å². The summed E-state index contributed by atoms with van der Waals surface area (Å²) in [5.74, 6) is 6.20. The summed E-state index contributed by atoms with van der Waals surface area (Å²) in [6.45, 7) is 0. The molecule has 18 aromatic rings. The summed E-state index contributed by atoms with van der Waals surface area (Å²) in [4.78, 5) is 9.05. The SMILES string of the molecule is c1ccc(N(c2ccc(Oc3ccc(-c4ccc(Oc5ccc(N(c6ccccc6)c6cccc7ccccc67)cc5)cc4)cc3)cc2)c2cccc3ccccc23)cc1.c1ccc(N(c2ccccc2)c2ccc(Oc3ccc(-c4ccc(Oc5ccc(N(c6ccccc6)c6ccccc6)cc5)cc4)cc3)cc2)cc1. The first-order valence-corrected chi connectivity index (χ1v) is 37.5. The third-order valence-electron chi connectivity index (χ3n) is 19.5. The highest BCUT2D eigenvalue weighted by atomic mass is 16.5. The molecule has 8 heteroatoms. The van der Waals surface area contributed by atoms with Crippen LogP contribution in [-0.2, 0) is 0 Å². The predicted octanol–water partition coefficient (Wildman–Crippen LogP) is 30.1. The average molecular weight is 1450 g/mol. The minimum absolute atomic E-state index is 0.772. The van der Waals surface area contributed by atoms with Gasteiger partial charge in [-0.05, 0) is 264 Å². The van der Waals surface area contributed by atoms with Crippen molar-refractivity contribution in [2.24, 2.45) is 0 Å². The molecule has 0 aliphatic rings. The molecule has 0 radical (unpaired) electrons. The van der Waals surface area contributed by atoms with Gasteiger partial charge in [0, 0.05) is 67.6 Å². The van der Waals surface area contributed by atoms with Gasteiger partial charge in [-0.3, -0.25) is 0 Å². The Morgan fingerprint density at radius 2 is 0.295 bits per heavy atom. The van der Waals surface area contributed by atoms with E-state index in [0.717, 1.165) is 136 Å². The normalized spacial score (nSPS) is 10.9. The van der Waals surface area contributed by atoms with E-state index in [2.05, 4.69) is 347 Å². The third kappa shape index (κ3) is 16.2. The summed E-state index contributed by atoms with van der Waals surface area (Å²) in [6.07, 6.45) is 0. The van der Waals surface area contributed by atoms with E-state index in [1.807, 2.05) is 133 Å². The number of hydrogen-bond donors (Lipinski definition) is 0. The van der Waals surface area contributed by atoms with Gasteiger partial charge >= 0.3 is 0 Å². The Morgan fingerprint density at radius 3 is 0.527 bits per heavy atom. The number of nitrogens with zero attached hydrogens (tertiary/aromatic N) is 4. The third-order valence-corrected chi connectivity index (χ3v) is 19.5. The van der Waals surface area contributed by atoms with Crippen molar-refractivity contribution in [2.45, 2.75) is 0 Å². The largest absolute Gasteiger partial charge is 0.457 e. The second-order valence-corrected chi connectivity index (χ2v) is 26.8. The summed E-state index contributed by atoms with van der Waals surface area (Å²) in [6, 6.07) is 158. The molecule has 8 nitrogen and oxygen atoms in total. The highest BCUT2D eigenvalue weighted by molar-refractivity contribution is 6.00. The molecule has 0 heterocycles. The molecule has 18 aromatic carbocycles. The number of rotatable bonds is 22. The Balaban J connectivity index is 0.000000164. The van der Waals surface area contributed by atoms with Crippen LogP contribution in [0.15, 0.2) is 461 Å². The molecule has 0 aliphatic carbocycles. The van der Waals surface area contributed by atoms with Gasteiger partial charge in [-0.25, -0.2) is 0 Å². The molecule has 0 atom stereocenters. The number of fused-ring (bicyclic) bond motifs is 2. The zero-order valence-corrected chi connectivity index (χ0v) is 61.3. The van der Waals surface area contributed by atoms with E-state index in [1.165, 1.54) is 21.5 Å². The van der Waals surface area contributed by atoms with E-state index >= 15 is 0 Å². The molecule has 0 amide bonds. The van der Waals surface area contributed by atoms with Crippen LogP contribution in [0, 0.1) is 0 Å². The van der Waals surface area contributed by atoms with Crippen LogP contribution in [0.3, 0.4) is 0 Å². The Hall–Kier alpha value is -15.1. The van der Waals surface area contributed by atoms with Crippen molar-refractivity contribution in [3.8, 4) is 68.2 Å². The molecule has 0 unspecified atom stereocenters. The number of benzene rings is 18. The van der Waals surface area contributed by atoms with Gasteiger partial charge in [-0.15, -0.1) is 0 Å². The van der Waals surface area contributed by atoms with Crippen LogP contribution >= 0.6 is 0 Å². The molecule has 112 heavy (non-hydrogen) atoms. The first-order chi connectivity index (χ1) is 55.5. The molecule has 18 rings (SSSR count). The molecule has 0 N–H and O–H groups in total. The lowest BCUT2D eigenvalue weighted by molar-refractivity contribution is 0.482. The molecule has 0 saturated carbocycles. The van der Waals surface area contributed by atoms with Crippen molar-refractivity contribution in [1.82, 2.24) is 0 Å². The molecule has 0 aromatic heterocycles. The Bertz CT molecular complexity index is 5580. The van der Waals surface area contributed by atoms with Crippen LogP contribution < -0.4 is 38.5 Å². The average Bonchev–Trinajstić information content (AvgIpc) is 0.783. The zero-order chi connectivity index (χ0) is 75.0. The Kier molecular flexibility index (Phi) is 20.8. The van der Waals surface area contributed by atoms with E-state index in [1.54, 1.807) is 0 Å². The number of anilines is 12. The van der Waals surface area contributed by atoms with Gasteiger partial charge in [0.2, 0.25) is 0 Å². The van der Waals surface area contributed by atoms with Crippen molar-refractivity contribution in [3.05, 3.63) is 461 Å². The van der Waals surface area contributed by atoms with Gasteiger partial charge in [0.05, 0.1) is 11.4 Å². The maximum atomic E-state index is 6.32. The maximum absolute atomic E-state index is 6.32. The smallest absolute Gasteiger partial charge is 0.127 e. The Morgan fingerprint density at radius 1 is 0.125 bits per heavy atom. The fraction of sp³-hybridized carbons (Fsp3) is 0. The van der Waals surface area contributed by atoms with E-state index in [0.29, 0.717) is 0 Å². The summed E-state index contributed by atoms with van der Waals surface area (Å²) in [5, 5.41) is 4.80. The van der Waals surface area contributed by atoms with Gasteiger partial charge in [0.1, 0.15) is 46.0 Å². The van der Waals surface area contributed by atoms with E-state index < -0.39 is 0 Å². The van der Waals surface area contributed by atoms with E-state index in [9.17, 15) is 0 Å². The van der Waals surface area contributed by atoms with Crippen LogP contribution in [0.4, 0.5) is 68.2 Å². The lowest BCUT2D eigenvalue weighted by atomic mass is 10.1. The van der Waals surface area contributed by atoms with E-state index in [4.69, 9.17) is 18.9 Å². The lowest BCUT2D eigenvalue weighted by Gasteiger charge is -2.27. The van der Waals surface area contributed by atoms with Crippen molar-refractivity contribution < 1.29 is 18.9 Å². The minimum atomic E-state index is 0.772. The minimum Gasteiger partial charge on any atom is -0.457 e. The molecule has 0 bridgehead atoms. The standard InChI is InChI=1S/C56H40N2O2.C48H36N2O2/c1-3-17-45(18-4-1)57(55-23-11-15-43-13-7-9-21-53(43)55)47-29-37-51(38-30-47)59-49-33-25-41(26-34-49)42-27-35-50(36-28-42)60-52-39-31-48(32-40-52)58(46-19-5-2-6-20-46)56-24-12-16-44-14-8-10-22-54(44)56;1-5-13-39(14-6-1)49(40-15-7-2-8-16-40)43-25-33-47(34-26-43)51-45-29-21-37(22-30-45)38-23-31-46(32-24-38)52-48-35-27-44(28-36-48)50(41-17-9-3-10-18-41)42-19-11-4-12-20-42/h1-40H;1-36H. The van der Waals surface area contributed by atoms with Crippen molar-refractivity contribution in [1.29, 1.82) is 0 Å². The first kappa shape index (κ1) is 69.9. The molecular weight excluding hydrogens is 1370 g/mol. The van der Waals surface area contributed by atoms with Crippen LogP contribution in [-0.4, -0.2) is 0 Å². The second kappa shape index (κ2) is 33.3. The van der Waals surface area contributed by atoms with Crippen molar-refractivity contribution in [3.63, 3.8) is 0 Å². The van der Waals surface area contributed by atoms with Crippen LogP contribution in [0.5, 0.6) is 46.0 Å². The lowest BCUT2D eigenvalue weighted by Crippen LogP contribution is -2.10. The molecule has 0 aliphatic heterocycles. The fourth-order valence-electron chi connectivity index (χ4n) is 14.1. The van der Waals surface area contributed by atoms with Gasteiger partial charge in [-0.1, -0.05) is 231 Å². The fourth-order valence-corrected chi connectivity index (χ4v) is 14.1. The molecule has 536 valence electrons. The van der Waals surface area contributed by atoms with Crippen molar-refractivity contribution in [2.75, 3.05) is 19.6 Å². The van der Waals surface area contributed by atoms with Crippen molar-refractivity contribution >= 4 is 89.8 Å². The summed E-state index contributed by atoms with van der Waals surface area (Å²) in [5.41, 5.74) is 17.4. The van der Waals surface area contributed by atoms with Gasteiger partial charge < -0.3 is 38.5 Å². The second-order valence-electron chi connectivity index (χ2n) is 26.8. The number of hydrogen-bond acceptors (Lipinski definition) is 8. The number of para-hydroxylation sites is 6. The van der Waals surface area contributed by atoms with Crippen LogP contribution in [0.2, 0.25) is 0 Å².